The Morgan fingerprint density at radius 2 is 1.38 bits per heavy atom. The SMILES string of the molecule is O=S(=O)(Nc1ccc(N2CCCCC2)cc1)N1CCCC1. The van der Waals surface area contributed by atoms with Crippen LogP contribution in [0.3, 0.4) is 0 Å². The largest absolute Gasteiger partial charge is 0.372 e. The summed E-state index contributed by atoms with van der Waals surface area (Å²) in [5.41, 5.74) is 1.82. The summed E-state index contributed by atoms with van der Waals surface area (Å²) in [4.78, 5) is 2.36. The van der Waals surface area contributed by atoms with Crippen LogP contribution in [0, 0.1) is 0 Å². The fourth-order valence-electron chi connectivity index (χ4n) is 3.03. The van der Waals surface area contributed by atoms with Gasteiger partial charge < -0.3 is 4.90 Å². The first-order chi connectivity index (χ1) is 10.1. The summed E-state index contributed by atoms with van der Waals surface area (Å²) >= 11 is 0. The molecule has 2 aliphatic rings. The molecule has 2 heterocycles. The lowest BCUT2D eigenvalue weighted by Gasteiger charge is -2.29. The second-order valence-electron chi connectivity index (χ2n) is 5.81. The Kier molecular flexibility index (Phi) is 4.35. The number of anilines is 2. The van der Waals surface area contributed by atoms with Crippen molar-refractivity contribution in [2.75, 3.05) is 35.8 Å². The number of rotatable bonds is 4. The van der Waals surface area contributed by atoms with E-state index in [0.29, 0.717) is 18.8 Å². The van der Waals surface area contributed by atoms with Crippen LogP contribution in [0.1, 0.15) is 32.1 Å². The van der Waals surface area contributed by atoms with Crippen LogP contribution in [0.5, 0.6) is 0 Å². The van der Waals surface area contributed by atoms with Crippen molar-refractivity contribution < 1.29 is 8.42 Å². The Balaban J connectivity index is 1.66. The smallest absolute Gasteiger partial charge is 0.301 e. The number of hydrogen-bond donors (Lipinski definition) is 1. The van der Waals surface area contributed by atoms with E-state index in [4.69, 9.17) is 0 Å². The zero-order valence-corrected chi connectivity index (χ0v) is 13.1. The summed E-state index contributed by atoms with van der Waals surface area (Å²) in [7, 11) is -3.38. The maximum Gasteiger partial charge on any atom is 0.301 e. The lowest BCUT2D eigenvalue weighted by molar-refractivity contribution is 0.482. The van der Waals surface area contributed by atoms with Crippen LogP contribution in [0.2, 0.25) is 0 Å². The van der Waals surface area contributed by atoms with Crippen molar-refractivity contribution in [1.29, 1.82) is 0 Å². The van der Waals surface area contributed by atoms with Gasteiger partial charge in [-0.15, -0.1) is 0 Å². The van der Waals surface area contributed by atoms with Crippen LogP contribution in [0.15, 0.2) is 24.3 Å². The molecular weight excluding hydrogens is 286 g/mol. The Morgan fingerprint density at radius 3 is 2.00 bits per heavy atom. The molecule has 21 heavy (non-hydrogen) atoms. The predicted molar refractivity (Wildman–Crippen MR) is 85.9 cm³/mol. The topological polar surface area (TPSA) is 52.7 Å². The average Bonchev–Trinajstić information content (AvgIpc) is 3.04. The third-order valence-electron chi connectivity index (χ3n) is 4.24. The van der Waals surface area contributed by atoms with Crippen molar-refractivity contribution >= 4 is 21.6 Å². The van der Waals surface area contributed by atoms with E-state index in [-0.39, 0.29) is 0 Å². The van der Waals surface area contributed by atoms with Gasteiger partial charge in [0.2, 0.25) is 0 Å². The van der Waals surface area contributed by atoms with Crippen molar-refractivity contribution in [3.8, 4) is 0 Å². The van der Waals surface area contributed by atoms with Crippen molar-refractivity contribution in [3.05, 3.63) is 24.3 Å². The molecule has 6 heteroatoms. The molecule has 0 atom stereocenters. The molecule has 0 amide bonds. The summed E-state index contributed by atoms with van der Waals surface area (Å²) in [5, 5.41) is 0. The van der Waals surface area contributed by atoms with Crippen molar-refractivity contribution in [2.24, 2.45) is 0 Å². The van der Waals surface area contributed by atoms with Gasteiger partial charge in [-0.25, -0.2) is 0 Å². The van der Waals surface area contributed by atoms with Gasteiger partial charge >= 0.3 is 10.2 Å². The number of piperidine rings is 1. The third kappa shape index (κ3) is 3.49. The quantitative estimate of drug-likeness (QED) is 0.929. The molecule has 0 spiro atoms. The van der Waals surface area contributed by atoms with E-state index in [0.717, 1.165) is 25.9 Å². The molecule has 0 unspecified atom stereocenters. The van der Waals surface area contributed by atoms with E-state index in [1.54, 1.807) is 0 Å². The minimum atomic E-state index is -3.38. The zero-order valence-electron chi connectivity index (χ0n) is 12.3. The van der Waals surface area contributed by atoms with Crippen LogP contribution in [-0.4, -0.2) is 38.9 Å². The van der Waals surface area contributed by atoms with E-state index in [1.807, 2.05) is 24.3 Å². The Hall–Kier alpha value is -1.27. The Bertz CT molecular complexity index is 559. The van der Waals surface area contributed by atoms with Gasteiger partial charge in [0.25, 0.3) is 0 Å². The van der Waals surface area contributed by atoms with Gasteiger partial charge in [-0.1, -0.05) is 0 Å². The highest BCUT2D eigenvalue weighted by atomic mass is 32.2. The molecule has 1 aromatic carbocycles. The van der Waals surface area contributed by atoms with Gasteiger partial charge in [0.15, 0.2) is 0 Å². The van der Waals surface area contributed by atoms with Gasteiger partial charge in [0, 0.05) is 37.6 Å². The number of hydrogen-bond acceptors (Lipinski definition) is 3. The molecule has 2 saturated heterocycles. The van der Waals surface area contributed by atoms with Gasteiger partial charge in [-0.3, -0.25) is 4.72 Å². The maximum absolute atomic E-state index is 12.2. The fourth-order valence-corrected chi connectivity index (χ4v) is 4.34. The lowest BCUT2D eigenvalue weighted by atomic mass is 10.1. The van der Waals surface area contributed by atoms with Crippen molar-refractivity contribution in [3.63, 3.8) is 0 Å². The first-order valence-electron chi connectivity index (χ1n) is 7.78. The molecule has 0 bridgehead atoms. The van der Waals surface area contributed by atoms with E-state index in [9.17, 15) is 8.42 Å². The molecule has 2 fully saturated rings. The van der Waals surface area contributed by atoms with Gasteiger partial charge in [-0.05, 0) is 56.4 Å². The molecule has 3 rings (SSSR count). The molecule has 5 nitrogen and oxygen atoms in total. The first-order valence-corrected chi connectivity index (χ1v) is 9.22. The molecule has 116 valence electrons. The predicted octanol–water partition coefficient (Wildman–Crippen LogP) is 2.43. The van der Waals surface area contributed by atoms with Gasteiger partial charge in [0.1, 0.15) is 0 Å². The van der Waals surface area contributed by atoms with Gasteiger partial charge in [-0.2, -0.15) is 12.7 Å². The highest BCUT2D eigenvalue weighted by molar-refractivity contribution is 7.90. The average molecular weight is 309 g/mol. The highest BCUT2D eigenvalue weighted by Crippen LogP contribution is 2.23. The number of benzene rings is 1. The minimum Gasteiger partial charge on any atom is -0.372 e. The zero-order chi connectivity index (χ0) is 14.7. The first kappa shape index (κ1) is 14.7. The van der Waals surface area contributed by atoms with E-state index >= 15 is 0 Å². The second kappa shape index (κ2) is 6.23. The van der Waals surface area contributed by atoms with Gasteiger partial charge in [0.05, 0.1) is 0 Å². The van der Waals surface area contributed by atoms with Crippen LogP contribution >= 0.6 is 0 Å². The summed E-state index contributed by atoms with van der Waals surface area (Å²) < 4.78 is 28.6. The fraction of sp³-hybridized carbons (Fsp3) is 0.600. The molecule has 0 radical (unpaired) electrons. The monoisotopic (exact) mass is 309 g/mol. The summed E-state index contributed by atoms with van der Waals surface area (Å²) in [6.07, 6.45) is 5.69. The van der Waals surface area contributed by atoms with Crippen LogP contribution in [0.25, 0.3) is 0 Å². The van der Waals surface area contributed by atoms with Crippen LogP contribution in [0.4, 0.5) is 11.4 Å². The molecule has 0 saturated carbocycles. The van der Waals surface area contributed by atoms with Crippen molar-refractivity contribution in [2.45, 2.75) is 32.1 Å². The van der Waals surface area contributed by atoms with E-state index in [1.165, 1.54) is 29.3 Å². The molecule has 0 aromatic heterocycles. The summed E-state index contributed by atoms with van der Waals surface area (Å²) in [5.74, 6) is 0. The minimum absolute atomic E-state index is 0.626. The van der Waals surface area contributed by atoms with E-state index < -0.39 is 10.2 Å². The molecular formula is C15H23N3O2S. The second-order valence-corrected chi connectivity index (χ2v) is 7.48. The number of nitrogens with one attached hydrogen (secondary N) is 1. The molecule has 2 aliphatic heterocycles. The summed E-state index contributed by atoms with van der Waals surface area (Å²) in [6.45, 7) is 3.44. The number of nitrogens with zero attached hydrogens (tertiary/aromatic N) is 2. The Labute approximate surface area is 127 Å². The molecule has 1 N–H and O–H groups in total. The van der Waals surface area contributed by atoms with E-state index in [2.05, 4.69) is 9.62 Å². The standard InChI is InChI=1S/C15H23N3O2S/c19-21(20,18-12-4-5-13-18)16-14-6-8-15(9-7-14)17-10-2-1-3-11-17/h6-9,16H,1-5,10-13H2. The Morgan fingerprint density at radius 1 is 0.810 bits per heavy atom. The molecule has 1 aromatic rings. The van der Waals surface area contributed by atoms with Crippen LogP contribution < -0.4 is 9.62 Å². The molecule has 0 aliphatic carbocycles. The van der Waals surface area contributed by atoms with Crippen LogP contribution in [-0.2, 0) is 10.2 Å². The summed E-state index contributed by atoms with van der Waals surface area (Å²) in [6, 6.07) is 7.73. The maximum atomic E-state index is 12.2. The normalized spacial score (nSPS) is 20.7. The highest BCUT2D eigenvalue weighted by Gasteiger charge is 2.25. The lowest BCUT2D eigenvalue weighted by Crippen LogP contribution is -2.33. The third-order valence-corrected chi connectivity index (χ3v) is 5.78. The van der Waals surface area contributed by atoms with Crippen molar-refractivity contribution in [1.82, 2.24) is 4.31 Å².